The van der Waals surface area contributed by atoms with Crippen molar-refractivity contribution in [2.45, 2.75) is 43.4 Å². The number of carboxylic acid groups (broad SMARTS) is 2. The first kappa shape index (κ1) is 27.9. The van der Waals surface area contributed by atoms with Crippen molar-refractivity contribution in [3.05, 3.63) is 35.9 Å². The summed E-state index contributed by atoms with van der Waals surface area (Å²) in [5.41, 5.74) is 6.65. The molecule has 12 nitrogen and oxygen atoms in total. The maximum Gasteiger partial charge on any atom is 0.327 e. The van der Waals surface area contributed by atoms with Crippen molar-refractivity contribution in [2.24, 2.45) is 5.73 Å². The van der Waals surface area contributed by atoms with Crippen molar-refractivity contribution >= 4 is 42.3 Å². The smallest absolute Gasteiger partial charge is 0.327 e. The maximum atomic E-state index is 12.6. The molecule has 0 heterocycles. The van der Waals surface area contributed by atoms with Gasteiger partial charge in [-0.25, -0.2) is 4.79 Å². The van der Waals surface area contributed by atoms with Crippen molar-refractivity contribution in [2.75, 3.05) is 12.4 Å². The van der Waals surface area contributed by atoms with Crippen LogP contribution in [0.15, 0.2) is 30.3 Å². The molecule has 0 saturated carbocycles. The van der Waals surface area contributed by atoms with E-state index in [2.05, 4.69) is 28.6 Å². The number of nitrogens with two attached hydrogens (primary N) is 1. The third-order valence-electron chi connectivity index (χ3n) is 4.53. The second-order valence-electron chi connectivity index (χ2n) is 7.12. The quantitative estimate of drug-likeness (QED) is 0.136. The van der Waals surface area contributed by atoms with Crippen LogP contribution < -0.4 is 21.7 Å². The Morgan fingerprint density at radius 2 is 1.42 bits per heavy atom. The van der Waals surface area contributed by atoms with E-state index in [1.165, 1.54) is 0 Å². The number of thiol groups is 1. The van der Waals surface area contributed by atoms with Crippen LogP contribution in [-0.4, -0.2) is 81.5 Å². The zero-order chi connectivity index (χ0) is 25.0. The van der Waals surface area contributed by atoms with Gasteiger partial charge in [0.2, 0.25) is 17.7 Å². The van der Waals surface area contributed by atoms with E-state index in [9.17, 15) is 29.1 Å². The van der Waals surface area contributed by atoms with E-state index in [1.54, 1.807) is 30.3 Å². The van der Waals surface area contributed by atoms with Crippen LogP contribution in [-0.2, 0) is 30.4 Å². The topological polar surface area (TPSA) is 208 Å². The van der Waals surface area contributed by atoms with Gasteiger partial charge in [-0.05, 0) is 18.4 Å². The fourth-order valence-electron chi connectivity index (χ4n) is 2.70. The number of rotatable bonds is 14. The fourth-order valence-corrected chi connectivity index (χ4v) is 2.95. The Balaban J connectivity index is 2.82. The Bertz CT molecular complexity index is 839. The predicted molar refractivity (Wildman–Crippen MR) is 119 cm³/mol. The summed E-state index contributed by atoms with van der Waals surface area (Å²) in [5.74, 6) is -5.49. The zero-order valence-corrected chi connectivity index (χ0v) is 18.5. The molecule has 4 unspecified atom stereocenters. The number of carbonyl (C=O) groups excluding carboxylic acids is 3. The molecule has 0 aromatic heterocycles. The Morgan fingerprint density at radius 3 is 1.94 bits per heavy atom. The van der Waals surface area contributed by atoms with Gasteiger partial charge in [-0.1, -0.05) is 30.3 Å². The van der Waals surface area contributed by atoms with Gasteiger partial charge in [-0.15, -0.1) is 0 Å². The first-order chi connectivity index (χ1) is 15.6. The van der Waals surface area contributed by atoms with Gasteiger partial charge in [0.1, 0.15) is 18.1 Å². The summed E-state index contributed by atoms with van der Waals surface area (Å²) in [7, 11) is 0. The first-order valence-corrected chi connectivity index (χ1v) is 10.6. The zero-order valence-electron chi connectivity index (χ0n) is 17.6. The SMILES string of the molecule is NC(Cc1ccccc1)C(=O)NC(CO)C(=O)NC(CCC(=O)O)C(=O)NC(CS)C(=O)O. The number of amides is 3. The number of aliphatic hydroxyl groups excluding tert-OH is 1. The van der Waals surface area contributed by atoms with Crippen LogP contribution in [0, 0.1) is 0 Å². The fraction of sp³-hybridized carbons (Fsp3) is 0.450. The number of nitrogens with one attached hydrogen (secondary N) is 3. The molecule has 0 spiro atoms. The van der Waals surface area contributed by atoms with Crippen LogP contribution in [0.1, 0.15) is 18.4 Å². The molecule has 33 heavy (non-hydrogen) atoms. The number of hydrogen-bond acceptors (Lipinski definition) is 8. The lowest BCUT2D eigenvalue weighted by atomic mass is 10.1. The van der Waals surface area contributed by atoms with Gasteiger partial charge in [0.05, 0.1) is 12.6 Å². The van der Waals surface area contributed by atoms with E-state index in [-0.39, 0.29) is 18.6 Å². The van der Waals surface area contributed by atoms with Crippen molar-refractivity contribution in [3.8, 4) is 0 Å². The molecule has 4 atom stereocenters. The van der Waals surface area contributed by atoms with Gasteiger partial charge >= 0.3 is 11.9 Å². The maximum absolute atomic E-state index is 12.6. The minimum atomic E-state index is -1.47. The highest BCUT2D eigenvalue weighted by Gasteiger charge is 2.30. The number of aliphatic carboxylic acids is 2. The lowest BCUT2D eigenvalue weighted by Gasteiger charge is -2.24. The third kappa shape index (κ3) is 9.89. The Morgan fingerprint density at radius 1 is 0.879 bits per heavy atom. The van der Waals surface area contributed by atoms with Gasteiger partial charge in [0.25, 0.3) is 0 Å². The molecular weight excluding hydrogens is 456 g/mol. The second-order valence-corrected chi connectivity index (χ2v) is 7.48. The average Bonchev–Trinajstić information content (AvgIpc) is 2.78. The Labute approximate surface area is 195 Å². The second kappa shape index (κ2) is 14.1. The van der Waals surface area contributed by atoms with Crippen LogP contribution in [0.2, 0.25) is 0 Å². The summed E-state index contributed by atoms with van der Waals surface area (Å²) >= 11 is 3.82. The lowest BCUT2D eigenvalue weighted by Crippen LogP contribution is -2.58. The van der Waals surface area contributed by atoms with Crippen LogP contribution in [0.3, 0.4) is 0 Å². The molecule has 0 saturated heterocycles. The molecule has 13 heteroatoms. The highest BCUT2D eigenvalue weighted by atomic mass is 32.1. The van der Waals surface area contributed by atoms with Gasteiger partial charge < -0.3 is 37.0 Å². The molecule has 0 fully saturated rings. The highest BCUT2D eigenvalue weighted by molar-refractivity contribution is 7.80. The molecule has 0 bridgehead atoms. The summed E-state index contributed by atoms with van der Waals surface area (Å²) < 4.78 is 0. The van der Waals surface area contributed by atoms with Gasteiger partial charge in [-0.3, -0.25) is 19.2 Å². The molecule has 182 valence electrons. The van der Waals surface area contributed by atoms with E-state index < -0.39 is 66.9 Å². The Kier molecular flexibility index (Phi) is 11.9. The summed E-state index contributed by atoms with van der Waals surface area (Å²) in [6.07, 6.45) is -0.684. The highest BCUT2D eigenvalue weighted by Crippen LogP contribution is 2.04. The van der Waals surface area contributed by atoms with E-state index in [1.807, 2.05) is 0 Å². The standard InChI is InChI=1S/C20H28N4O8S/c21-12(8-11-4-2-1-3-5-11)17(28)23-14(9-25)19(30)22-13(6-7-16(26)27)18(29)24-15(10-33)20(31)32/h1-5,12-15,25,33H,6-10,21H2,(H,22,30)(H,23,28)(H,24,29)(H,26,27)(H,31,32). The van der Waals surface area contributed by atoms with Crippen molar-refractivity contribution in [1.82, 2.24) is 16.0 Å². The summed E-state index contributed by atoms with van der Waals surface area (Å²) in [6, 6.07) is 3.59. The summed E-state index contributed by atoms with van der Waals surface area (Å²) in [6.45, 7) is -0.822. The molecule has 0 radical (unpaired) electrons. The molecule has 1 aromatic rings. The van der Waals surface area contributed by atoms with Crippen LogP contribution >= 0.6 is 12.6 Å². The molecule has 0 aliphatic rings. The van der Waals surface area contributed by atoms with Crippen molar-refractivity contribution in [1.29, 1.82) is 0 Å². The van der Waals surface area contributed by atoms with E-state index in [4.69, 9.17) is 15.9 Å². The minimum absolute atomic E-state index is 0.177. The Hall–Kier alpha value is -3.16. The average molecular weight is 485 g/mol. The number of aliphatic hydroxyl groups is 1. The van der Waals surface area contributed by atoms with Gasteiger partial charge in [-0.2, -0.15) is 12.6 Å². The van der Waals surface area contributed by atoms with E-state index in [0.717, 1.165) is 5.56 Å². The number of hydrogen-bond donors (Lipinski definition) is 8. The van der Waals surface area contributed by atoms with Crippen LogP contribution in [0.5, 0.6) is 0 Å². The molecule has 0 aliphatic heterocycles. The summed E-state index contributed by atoms with van der Waals surface area (Å²) in [4.78, 5) is 59.3. The van der Waals surface area contributed by atoms with E-state index >= 15 is 0 Å². The predicted octanol–water partition coefficient (Wildman–Crippen LogP) is -2.12. The normalized spacial score (nSPS) is 14.3. The van der Waals surface area contributed by atoms with Crippen LogP contribution in [0.4, 0.5) is 0 Å². The van der Waals surface area contributed by atoms with Crippen molar-refractivity contribution < 1.29 is 39.3 Å². The molecule has 8 N–H and O–H groups in total. The van der Waals surface area contributed by atoms with Crippen LogP contribution in [0.25, 0.3) is 0 Å². The third-order valence-corrected chi connectivity index (χ3v) is 4.89. The molecule has 1 rings (SSSR count). The number of carboxylic acids is 2. The molecule has 3 amide bonds. The largest absolute Gasteiger partial charge is 0.481 e. The number of benzene rings is 1. The van der Waals surface area contributed by atoms with Crippen molar-refractivity contribution in [3.63, 3.8) is 0 Å². The monoisotopic (exact) mass is 484 g/mol. The molecular formula is C20H28N4O8S. The molecule has 1 aromatic carbocycles. The molecule has 0 aliphatic carbocycles. The van der Waals surface area contributed by atoms with Gasteiger partial charge in [0.15, 0.2) is 0 Å². The number of carbonyl (C=O) groups is 5. The van der Waals surface area contributed by atoms with Gasteiger partial charge in [0, 0.05) is 12.2 Å². The summed E-state index contributed by atoms with van der Waals surface area (Å²) in [5, 5.41) is 34.2. The van der Waals surface area contributed by atoms with E-state index in [0.29, 0.717) is 0 Å². The lowest BCUT2D eigenvalue weighted by molar-refractivity contribution is -0.142. The minimum Gasteiger partial charge on any atom is -0.481 e. The first-order valence-electron chi connectivity index (χ1n) is 9.96.